The topological polar surface area (TPSA) is 99.2 Å². The molecule has 1 heterocycles. The summed E-state index contributed by atoms with van der Waals surface area (Å²) in [6, 6.07) is -0.597. The van der Waals surface area contributed by atoms with E-state index in [9.17, 15) is 19.5 Å². The Labute approximate surface area is 167 Å². The zero-order chi connectivity index (χ0) is 20.9. The van der Waals surface area contributed by atoms with E-state index in [4.69, 9.17) is 4.74 Å². The van der Waals surface area contributed by atoms with Crippen LogP contribution in [-0.4, -0.2) is 77.2 Å². The first-order valence-corrected chi connectivity index (χ1v) is 10.3. The van der Waals surface area contributed by atoms with Gasteiger partial charge in [-0.25, -0.2) is 4.79 Å². The Bertz CT molecular complexity index is 551. The lowest BCUT2D eigenvalue weighted by atomic mass is 9.95. The molecule has 0 radical (unpaired) electrons. The summed E-state index contributed by atoms with van der Waals surface area (Å²) in [6.07, 6.45) is 2.88. The number of rotatable bonds is 8. The van der Waals surface area contributed by atoms with E-state index in [0.29, 0.717) is 38.5 Å². The van der Waals surface area contributed by atoms with E-state index in [0.717, 1.165) is 25.7 Å². The fourth-order valence-electron chi connectivity index (χ4n) is 3.30. The molecular formula is C20H35N3O5. The summed E-state index contributed by atoms with van der Waals surface area (Å²) < 4.78 is 5.40. The van der Waals surface area contributed by atoms with Crippen LogP contribution in [0.4, 0.5) is 4.79 Å². The number of amides is 3. The number of aliphatic hydroxyl groups excluding tert-OH is 1. The van der Waals surface area contributed by atoms with Crippen LogP contribution >= 0.6 is 0 Å². The Balaban J connectivity index is 1.78. The molecule has 28 heavy (non-hydrogen) atoms. The third-order valence-corrected chi connectivity index (χ3v) is 5.38. The third-order valence-electron chi connectivity index (χ3n) is 5.38. The minimum atomic E-state index is -1.24. The van der Waals surface area contributed by atoms with Crippen LogP contribution in [0.2, 0.25) is 0 Å². The summed E-state index contributed by atoms with van der Waals surface area (Å²) in [6.45, 7) is 9.40. The molecular weight excluding hydrogens is 362 g/mol. The first kappa shape index (κ1) is 22.5. The van der Waals surface area contributed by atoms with Gasteiger partial charge >= 0.3 is 6.09 Å². The van der Waals surface area contributed by atoms with E-state index in [2.05, 4.69) is 5.32 Å². The fourth-order valence-corrected chi connectivity index (χ4v) is 3.30. The molecule has 0 spiro atoms. The number of hydrogen-bond donors (Lipinski definition) is 2. The highest BCUT2D eigenvalue weighted by molar-refractivity contribution is 5.81. The van der Waals surface area contributed by atoms with Gasteiger partial charge in [-0.1, -0.05) is 0 Å². The van der Waals surface area contributed by atoms with Crippen molar-refractivity contribution in [3.05, 3.63) is 0 Å². The Morgan fingerprint density at radius 3 is 2.32 bits per heavy atom. The van der Waals surface area contributed by atoms with Crippen molar-refractivity contribution in [3.63, 3.8) is 0 Å². The quantitative estimate of drug-likeness (QED) is 0.603. The predicted molar refractivity (Wildman–Crippen MR) is 105 cm³/mol. The highest BCUT2D eigenvalue weighted by Crippen LogP contribution is 2.27. The molecule has 1 aliphatic heterocycles. The highest BCUT2D eigenvalue weighted by atomic mass is 16.6. The smallest absolute Gasteiger partial charge is 0.410 e. The van der Waals surface area contributed by atoms with Gasteiger partial charge in [0, 0.05) is 26.2 Å². The highest BCUT2D eigenvalue weighted by Gasteiger charge is 2.32. The number of likely N-dealkylation sites (tertiary alicyclic amines) is 1. The van der Waals surface area contributed by atoms with Gasteiger partial charge in [-0.15, -0.1) is 0 Å². The molecule has 1 saturated carbocycles. The Morgan fingerprint density at radius 2 is 1.82 bits per heavy atom. The number of piperidine rings is 1. The molecule has 160 valence electrons. The number of aliphatic hydroxyl groups is 1. The van der Waals surface area contributed by atoms with Gasteiger partial charge in [0.25, 0.3) is 5.91 Å². The number of ether oxygens (including phenoxy) is 1. The van der Waals surface area contributed by atoms with Gasteiger partial charge in [0.05, 0.1) is 6.04 Å². The van der Waals surface area contributed by atoms with E-state index < -0.39 is 23.7 Å². The second-order valence-corrected chi connectivity index (χ2v) is 9.09. The average Bonchev–Trinajstić information content (AvgIpc) is 3.46. The first-order valence-electron chi connectivity index (χ1n) is 10.3. The average molecular weight is 398 g/mol. The van der Waals surface area contributed by atoms with E-state index in [1.807, 2.05) is 20.8 Å². The van der Waals surface area contributed by atoms with Crippen LogP contribution in [0.1, 0.15) is 53.4 Å². The SMILES string of the molecule is CC(C(O)C(=O)NCC1CC1)N(C=O)CC1CCN(C(=O)OC(C)(C)C)CC1. The van der Waals surface area contributed by atoms with Crippen molar-refractivity contribution in [3.8, 4) is 0 Å². The maximum atomic E-state index is 12.1. The summed E-state index contributed by atoms with van der Waals surface area (Å²) in [5.74, 6) is 0.322. The number of hydrogen-bond acceptors (Lipinski definition) is 5. The van der Waals surface area contributed by atoms with E-state index in [1.165, 1.54) is 4.90 Å². The molecule has 2 rings (SSSR count). The second-order valence-electron chi connectivity index (χ2n) is 9.09. The largest absolute Gasteiger partial charge is 0.444 e. The molecule has 1 aliphatic carbocycles. The number of nitrogens with zero attached hydrogens (tertiary/aromatic N) is 2. The van der Waals surface area contributed by atoms with Crippen molar-refractivity contribution in [1.82, 2.24) is 15.1 Å². The molecule has 2 atom stereocenters. The van der Waals surface area contributed by atoms with Gasteiger partial charge in [-0.2, -0.15) is 0 Å². The van der Waals surface area contributed by atoms with Crippen LogP contribution in [0.5, 0.6) is 0 Å². The molecule has 2 aliphatic rings. The monoisotopic (exact) mass is 397 g/mol. The van der Waals surface area contributed by atoms with Gasteiger partial charge in [0.15, 0.2) is 6.10 Å². The van der Waals surface area contributed by atoms with Crippen LogP contribution in [0.25, 0.3) is 0 Å². The van der Waals surface area contributed by atoms with E-state index in [1.54, 1.807) is 11.8 Å². The Kier molecular flexibility index (Phi) is 7.69. The lowest BCUT2D eigenvalue weighted by Crippen LogP contribution is -2.51. The molecule has 1 saturated heterocycles. The molecule has 2 unspecified atom stereocenters. The molecule has 8 nitrogen and oxygen atoms in total. The van der Waals surface area contributed by atoms with Gasteiger partial charge in [-0.3, -0.25) is 9.59 Å². The van der Waals surface area contributed by atoms with Crippen LogP contribution in [0.3, 0.4) is 0 Å². The van der Waals surface area contributed by atoms with Crippen molar-refractivity contribution >= 4 is 18.4 Å². The van der Waals surface area contributed by atoms with E-state index >= 15 is 0 Å². The summed E-state index contributed by atoms with van der Waals surface area (Å²) in [5.41, 5.74) is -0.520. The number of nitrogens with one attached hydrogen (secondary N) is 1. The maximum absolute atomic E-state index is 12.1. The minimum absolute atomic E-state index is 0.216. The molecule has 0 aromatic carbocycles. The fraction of sp³-hybridized carbons (Fsp3) is 0.850. The summed E-state index contributed by atoms with van der Waals surface area (Å²) >= 11 is 0. The van der Waals surface area contributed by atoms with Crippen LogP contribution < -0.4 is 5.32 Å². The molecule has 8 heteroatoms. The van der Waals surface area contributed by atoms with Crippen molar-refractivity contribution in [2.75, 3.05) is 26.2 Å². The zero-order valence-electron chi connectivity index (χ0n) is 17.5. The lowest BCUT2D eigenvalue weighted by molar-refractivity contribution is -0.135. The standard InChI is InChI=1S/C20H35N3O5/c1-14(17(25)18(26)21-11-15-5-6-15)23(13-24)12-16-7-9-22(10-8-16)19(27)28-20(2,3)4/h13-17,25H,5-12H2,1-4H3,(H,21,26). The van der Waals surface area contributed by atoms with Gasteiger partial charge in [0.1, 0.15) is 5.60 Å². The lowest BCUT2D eigenvalue weighted by Gasteiger charge is -2.36. The summed E-state index contributed by atoms with van der Waals surface area (Å²) in [5, 5.41) is 13.0. The number of carbonyl (C=O) groups is 3. The predicted octanol–water partition coefficient (Wildman–Crippen LogP) is 1.37. The van der Waals surface area contributed by atoms with Gasteiger partial charge in [-0.05, 0) is 65.2 Å². The first-order chi connectivity index (χ1) is 13.1. The maximum Gasteiger partial charge on any atom is 0.410 e. The van der Waals surface area contributed by atoms with Gasteiger partial charge < -0.3 is 25.0 Å². The molecule has 0 aromatic heterocycles. The molecule has 2 fully saturated rings. The molecule has 2 N–H and O–H groups in total. The van der Waals surface area contributed by atoms with Crippen molar-refractivity contribution in [2.45, 2.75) is 71.1 Å². The van der Waals surface area contributed by atoms with Crippen molar-refractivity contribution in [2.24, 2.45) is 11.8 Å². The summed E-state index contributed by atoms with van der Waals surface area (Å²) in [7, 11) is 0. The van der Waals surface area contributed by atoms with Crippen LogP contribution in [0.15, 0.2) is 0 Å². The Morgan fingerprint density at radius 1 is 1.21 bits per heavy atom. The zero-order valence-corrected chi connectivity index (χ0v) is 17.5. The Hall–Kier alpha value is -1.83. The molecule has 3 amide bonds. The normalized spacial score (nSPS) is 20.2. The van der Waals surface area contributed by atoms with Crippen LogP contribution in [0, 0.1) is 11.8 Å². The second kappa shape index (κ2) is 9.58. The molecule has 0 bridgehead atoms. The van der Waals surface area contributed by atoms with E-state index in [-0.39, 0.29) is 12.0 Å². The van der Waals surface area contributed by atoms with Crippen molar-refractivity contribution < 1.29 is 24.2 Å². The number of carbonyl (C=O) groups excluding carboxylic acids is 3. The van der Waals surface area contributed by atoms with Crippen molar-refractivity contribution in [1.29, 1.82) is 0 Å². The van der Waals surface area contributed by atoms with Crippen LogP contribution in [-0.2, 0) is 14.3 Å². The third kappa shape index (κ3) is 6.96. The van der Waals surface area contributed by atoms with Gasteiger partial charge in [0.2, 0.25) is 6.41 Å². The molecule has 0 aromatic rings. The summed E-state index contributed by atoms with van der Waals surface area (Å²) in [4.78, 5) is 39.0. The minimum Gasteiger partial charge on any atom is -0.444 e.